The normalized spacial score (nSPS) is 45.1. The van der Waals surface area contributed by atoms with E-state index in [1.165, 1.54) is 0 Å². The van der Waals surface area contributed by atoms with Crippen molar-refractivity contribution >= 4 is 5.97 Å². The lowest BCUT2D eigenvalue weighted by molar-refractivity contribution is -0.228. The molecule has 0 unspecified atom stereocenters. The second-order valence-corrected chi connectivity index (χ2v) is 3.92. The predicted octanol–water partition coefficient (Wildman–Crippen LogP) is -0.0310. The molecular formula is C8H13NO3. The summed E-state index contributed by atoms with van der Waals surface area (Å²) in [7, 11) is 0. The van der Waals surface area contributed by atoms with Gasteiger partial charge >= 0.3 is 5.97 Å². The number of ether oxygens (including phenoxy) is 1. The molecule has 0 aromatic heterocycles. The van der Waals surface area contributed by atoms with E-state index in [0.29, 0.717) is 32.4 Å². The summed E-state index contributed by atoms with van der Waals surface area (Å²) in [6.07, 6.45) is 1.85. The number of carbonyl (C=O) groups is 1. The summed E-state index contributed by atoms with van der Waals surface area (Å²) < 4.78 is 5.47. The minimum Gasteiger partial charge on any atom is -0.481 e. The number of aliphatic carboxylic acids is 1. The number of carboxylic acids is 1. The Kier molecular flexibility index (Phi) is 1.47. The van der Waals surface area contributed by atoms with Crippen LogP contribution in [0.15, 0.2) is 0 Å². The quantitative estimate of drug-likeness (QED) is 0.612. The van der Waals surface area contributed by atoms with Crippen molar-refractivity contribution in [2.24, 2.45) is 11.1 Å². The van der Waals surface area contributed by atoms with E-state index in [1.54, 1.807) is 0 Å². The third-order valence-electron chi connectivity index (χ3n) is 3.14. The number of rotatable bonds is 2. The van der Waals surface area contributed by atoms with Gasteiger partial charge in [-0.1, -0.05) is 0 Å². The second-order valence-electron chi connectivity index (χ2n) is 3.92. The minimum absolute atomic E-state index is 0.295. The van der Waals surface area contributed by atoms with Gasteiger partial charge in [-0.05, 0) is 19.3 Å². The minimum atomic E-state index is -0.685. The van der Waals surface area contributed by atoms with Gasteiger partial charge in [0.15, 0.2) is 0 Å². The molecule has 0 amide bonds. The van der Waals surface area contributed by atoms with Crippen LogP contribution in [-0.4, -0.2) is 29.8 Å². The molecule has 0 aromatic rings. The number of fused-ring (bicyclic) bond motifs is 2. The van der Waals surface area contributed by atoms with Crippen LogP contribution in [0.1, 0.15) is 19.3 Å². The Morgan fingerprint density at radius 3 is 2.75 bits per heavy atom. The van der Waals surface area contributed by atoms with E-state index < -0.39 is 11.4 Å². The molecule has 12 heavy (non-hydrogen) atoms. The fourth-order valence-electron chi connectivity index (χ4n) is 2.38. The van der Waals surface area contributed by atoms with Gasteiger partial charge in [-0.25, -0.2) is 0 Å². The Morgan fingerprint density at radius 2 is 2.25 bits per heavy atom. The Balaban J connectivity index is 2.13. The first kappa shape index (κ1) is 8.01. The van der Waals surface area contributed by atoms with Crippen LogP contribution in [0.3, 0.4) is 0 Å². The van der Waals surface area contributed by atoms with E-state index in [9.17, 15) is 4.79 Å². The van der Waals surface area contributed by atoms with E-state index in [2.05, 4.69) is 0 Å². The molecule has 3 fully saturated rings. The van der Waals surface area contributed by atoms with Crippen LogP contribution in [0.2, 0.25) is 0 Å². The lowest BCUT2D eigenvalue weighted by Crippen LogP contribution is -2.64. The van der Waals surface area contributed by atoms with Gasteiger partial charge in [0.1, 0.15) is 0 Å². The van der Waals surface area contributed by atoms with E-state index in [4.69, 9.17) is 15.6 Å². The van der Waals surface area contributed by atoms with E-state index in [-0.39, 0.29) is 5.60 Å². The summed E-state index contributed by atoms with van der Waals surface area (Å²) in [4.78, 5) is 10.9. The molecule has 0 spiro atoms. The molecule has 3 rings (SSSR count). The molecule has 2 saturated heterocycles. The summed E-state index contributed by atoms with van der Waals surface area (Å²) >= 11 is 0. The highest BCUT2D eigenvalue weighted by Gasteiger charge is 2.62. The fraction of sp³-hybridized carbons (Fsp3) is 0.875. The topological polar surface area (TPSA) is 72.6 Å². The van der Waals surface area contributed by atoms with Crippen molar-refractivity contribution in [1.29, 1.82) is 0 Å². The lowest BCUT2D eigenvalue weighted by atomic mass is 9.56. The number of hydrogen-bond acceptors (Lipinski definition) is 3. The molecule has 2 aliphatic heterocycles. The standard InChI is InChI=1S/C8H13NO3/c9-5-8-3-7(4-8,6(10)11)1-2-12-8/h1-5,9H2,(H,10,11). The average molecular weight is 171 g/mol. The Labute approximate surface area is 70.7 Å². The zero-order chi connectivity index (χ0) is 8.82. The van der Waals surface area contributed by atoms with Gasteiger partial charge in [-0.3, -0.25) is 4.79 Å². The Morgan fingerprint density at radius 1 is 1.58 bits per heavy atom. The highest BCUT2D eigenvalue weighted by atomic mass is 16.5. The molecule has 4 nitrogen and oxygen atoms in total. The van der Waals surface area contributed by atoms with Crippen molar-refractivity contribution in [3.05, 3.63) is 0 Å². The smallest absolute Gasteiger partial charge is 0.309 e. The summed E-state index contributed by atoms with van der Waals surface area (Å²) in [5, 5.41) is 8.95. The number of nitrogens with two attached hydrogens (primary N) is 1. The van der Waals surface area contributed by atoms with Gasteiger partial charge in [-0.2, -0.15) is 0 Å². The summed E-state index contributed by atoms with van der Waals surface area (Å²) in [5.74, 6) is -0.685. The Hall–Kier alpha value is -0.610. The molecule has 0 atom stereocenters. The van der Waals surface area contributed by atoms with E-state index >= 15 is 0 Å². The maximum Gasteiger partial charge on any atom is 0.309 e. The molecule has 0 radical (unpaired) electrons. The van der Waals surface area contributed by atoms with Gasteiger partial charge in [0, 0.05) is 13.2 Å². The first-order chi connectivity index (χ1) is 5.63. The van der Waals surface area contributed by atoms with Crippen molar-refractivity contribution in [3.8, 4) is 0 Å². The van der Waals surface area contributed by atoms with Crippen molar-refractivity contribution in [1.82, 2.24) is 0 Å². The van der Waals surface area contributed by atoms with Gasteiger partial charge in [0.2, 0.25) is 0 Å². The fourth-order valence-corrected chi connectivity index (χ4v) is 2.38. The van der Waals surface area contributed by atoms with Crippen LogP contribution in [0.5, 0.6) is 0 Å². The average Bonchev–Trinajstić information content (AvgIpc) is 2.03. The van der Waals surface area contributed by atoms with Gasteiger partial charge in [0.25, 0.3) is 0 Å². The molecule has 0 aromatic carbocycles. The van der Waals surface area contributed by atoms with Gasteiger partial charge in [0.05, 0.1) is 11.0 Å². The van der Waals surface area contributed by atoms with Crippen molar-refractivity contribution in [2.45, 2.75) is 24.9 Å². The number of carboxylic acid groups (broad SMARTS) is 1. The SMILES string of the molecule is NCC12CC(C(=O)O)(CCO1)C2. The predicted molar refractivity (Wildman–Crippen MR) is 41.7 cm³/mol. The molecule has 2 bridgehead atoms. The summed E-state index contributed by atoms with van der Waals surface area (Å²) in [5.41, 5.74) is 4.72. The van der Waals surface area contributed by atoms with Crippen LogP contribution >= 0.6 is 0 Å². The third kappa shape index (κ3) is 0.820. The zero-order valence-electron chi connectivity index (χ0n) is 6.88. The maximum atomic E-state index is 10.9. The molecule has 4 heteroatoms. The van der Waals surface area contributed by atoms with Crippen molar-refractivity contribution < 1.29 is 14.6 Å². The molecule has 1 aliphatic carbocycles. The van der Waals surface area contributed by atoms with E-state index in [0.717, 1.165) is 0 Å². The highest BCUT2D eigenvalue weighted by molar-refractivity contribution is 5.76. The third-order valence-corrected chi connectivity index (χ3v) is 3.14. The van der Waals surface area contributed by atoms with Gasteiger partial charge in [-0.15, -0.1) is 0 Å². The van der Waals surface area contributed by atoms with Crippen LogP contribution in [0.25, 0.3) is 0 Å². The molecular weight excluding hydrogens is 158 g/mol. The zero-order valence-corrected chi connectivity index (χ0v) is 6.88. The number of hydrogen-bond donors (Lipinski definition) is 2. The van der Waals surface area contributed by atoms with E-state index in [1.807, 2.05) is 0 Å². The molecule has 1 saturated carbocycles. The Bertz CT molecular complexity index is 220. The molecule has 68 valence electrons. The summed E-state index contributed by atoms with van der Waals surface area (Å²) in [6, 6.07) is 0. The summed E-state index contributed by atoms with van der Waals surface area (Å²) in [6.45, 7) is 0.992. The molecule has 3 N–H and O–H groups in total. The van der Waals surface area contributed by atoms with Crippen molar-refractivity contribution in [2.75, 3.05) is 13.2 Å². The highest BCUT2D eigenvalue weighted by Crippen LogP contribution is 2.56. The second kappa shape index (κ2) is 2.20. The lowest BCUT2D eigenvalue weighted by Gasteiger charge is -2.57. The molecule has 2 heterocycles. The largest absolute Gasteiger partial charge is 0.481 e. The van der Waals surface area contributed by atoms with Crippen LogP contribution in [-0.2, 0) is 9.53 Å². The maximum absolute atomic E-state index is 10.9. The van der Waals surface area contributed by atoms with Crippen LogP contribution in [0, 0.1) is 5.41 Å². The van der Waals surface area contributed by atoms with Crippen LogP contribution < -0.4 is 5.73 Å². The molecule has 3 aliphatic rings. The van der Waals surface area contributed by atoms with Crippen LogP contribution in [0.4, 0.5) is 0 Å². The first-order valence-corrected chi connectivity index (χ1v) is 4.20. The monoisotopic (exact) mass is 171 g/mol. The first-order valence-electron chi connectivity index (χ1n) is 4.20. The van der Waals surface area contributed by atoms with Crippen molar-refractivity contribution in [3.63, 3.8) is 0 Å². The van der Waals surface area contributed by atoms with Gasteiger partial charge < -0.3 is 15.6 Å².